The second-order valence-corrected chi connectivity index (χ2v) is 5.04. The SMILES string of the molecule is CNC(=O)/C(C#N)=C/c1c(C)nc2sc(C)cn12. The maximum Gasteiger partial charge on any atom is 0.261 e. The predicted molar refractivity (Wildman–Crippen MR) is 70.2 cm³/mol. The summed E-state index contributed by atoms with van der Waals surface area (Å²) in [5, 5.41) is 11.4. The number of carbonyl (C=O) groups is 1. The Hall–Kier alpha value is -2.13. The quantitative estimate of drug-likeness (QED) is 0.659. The third-order valence-corrected chi connectivity index (χ3v) is 3.43. The monoisotopic (exact) mass is 260 g/mol. The molecule has 0 spiro atoms. The number of nitrogens with one attached hydrogen (secondary N) is 1. The summed E-state index contributed by atoms with van der Waals surface area (Å²) in [6.45, 7) is 3.85. The van der Waals surface area contributed by atoms with Crippen LogP contribution in [0.15, 0.2) is 11.8 Å². The normalized spacial score (nSPS) is 11.6. The van der Waals surface area contributed by atoms with Gasteiger partial charge in [-0.15, -0.1) is 11.3 Å². The molecule has 2 aromatic heterocycles. The molecule has 6 heteroatoms. The fourth-order valence-electron chi connectivity index (χ4n) is 1.67. The van der Waals surface area contributed by atoms with Gasteiger partial charge < -0.3 is 5.32 Å². The van der Waals surface area contributed by atoms with E-state index in [1.807, 2.05) is 30.5 Å². The van der Waals surface area contributed by atoms with Crippen molar-refractivity contribution in [2.75, 3.05) is 7.05 Å². The lowest BCUT2D eigenvalue weighted by Gasteiger charge is -1.97. The lowest BCUT2D eigenvalue weighted by molar-refractivity contribution is -0.116. The number of hydrogen-bond donors (Lipinski definition) is 1. The topological polar surface area (TPSA) is 70.2 Å². The van der Waals surface area contributed by atoms with Crippen LogP contribution in [0.4, 0.5) is 0 Å². The average Bonchev–Trinajstić information content (AvgIpc) is 2.82. The summed E-state index contributed by atoms with van der Waals surface area (Å²) in [6.07, 6.45) is 3.52. The van der Waals surface area contributed by atoms with E-state index >= 15 is 0 Å². The van der Waals surface area contributed by atoms with Crippen LogP contribution in [0, 0.1) is 25.2 Å². The molecule has 2 aromatic rings. The van der Waals surface area contributed by atoms with E-state index in [-0.39, 0.29) is 11.5 Å². The molecule has 0 aliphatic carbocycles. The molecule has 1 N–H and O–H groups in total. The number of likely N-dealkylation sites (N-methyl/N-ethyl adjacent to an activating group) is 1. The Morgan fingerprint density at radius 2 is 2.33 bits per heavy atom. The molecule has 0 atom stereocenters. The number of hydrogen-bond acceptors (Lipinski definition) is 4. The van der Waals surface area contributed by atoms with Gasteiger partial charge in [0.2, 0.25) is 0 Å². The number of rotatable bonds is 2. The zero-order valence-electron chi connectivity index (χ0n) is 10.3. The summed E-state index contributed by atoms with van der Waals surface area (Å²) < 4.78 is 1.90. The molecule has 0 radical (unpaired) electrons. The molecule has 0 aromatic carbocycles. The Morgan fingerprint density at radius 1 is 1.61 bits per heavy atom. The smallest absolute Gasteiger partial charge is 0.261 e. The highest BCUT2D eigenvalue weighted by molar-refractivity contribution is 7.17. The van der Waals surface area contributed by atoms with Crippen molar-refractivity contribution in [1.82, 2.24) is 14.7 Å². The van der Waals surface area contributed by atoms with Crippen molar-refractivity contribution >= 4 is 28.3 Å². The molecule has 18 heavy (non-hydrogen) atoms. The summed E-state index contributed by atoms with van der Waals surface area (Å²) in [5.41, 5.74) is 1.65. The van der Waals surface area contributed by atoms with Crippen molar-refractivity contribution in [3.05, 3.63) is 28.0 Å². The molecule has 0 saturated carbocycles. The van der Waals surface area contributed by atoms with Gasteiger partial charge in [0, 0.05) is 18.1 Å². The number of amides is 1. The van der Waals surface area contributed by atoms with E-state index in [4.69, 9.17) is 5.26 Å². The summed E-state index contributed by atoms with van der Waals surface area (Å²) in [5.74, 6) is -0.390. The Labute approximate surface area is 108 Å². The first-order valence-electron chi connectivity index (χ1n) is 5.35. The predicted octanol–water partition coefficient (Wildman–Crippen LogP) is 1.67. The van der Waals surface area contributed by atoms with Gasteiger partial charge in [0.1, 0.15) is 11.6 Å². The van der Waals surface area contributed by atoms with Crippen LogP contribution in [0.1, 0.15) is 16.3 Å². The first-order valence-corrected chi connectivity index (χ1v) is 6.17. The van der Waals surface area contributed by atoms with Gasteiger partial charge in [-0.2, -0.15) is 5.26 Å². The van der Waals surface area contributed by atoms with Gasteiger partial charge >= 0.3 is 0 Å². The highest BCUT2D eigenvalue weighted by Gasteiger charge is 2.13. The number of imidazole rings is 1. The van der Waals surface area contributed by atoms with Gasteiger partial charge in [-0.05, 0) is 19.9 Å². The second kappa shape index (κ2) is 4.63. The standard InChI is InChI=1S/C12H12N4OS/c1-7-6-16-10(8(2)15-12(16)18-7)4-9(5-13)11(17)14-3/h4,6H,1-3H3,(H,14,17)/b9-4+. The van der Waals surface area contributed by atoms with Gasteiger partial charge in [0.15, 0.2) is 4.96 Å². The second-order valence-electron chi connectivity index (χ2n) is 3.83. The van der Waals surface area contributed by atoms with Crippen molar-refractivity contribution in [2.24, 2.45) is 0 Å². The van der Waals surface area contributed by atoms with E-state index in [9.17, 15) is 4.79 Å². The first kappa shape index (κ1) is 12.3. The molecule has 0 unspecified atom stereocenters. The summed E-state index contributed by atoms with van der Waals surface area (Å²) in [4.78, 5) is 17.9. The van der Waals surface area contributed by atoms with Crippen LogP contribution in [0.5, 0.6) is 0 Å². The molecule has 0 aliphatic heterocycles. The number of nitriles is 1. The van der Waals surface area contributed by atoms with Gasteiger partial charge in [-0.25, -0.2) is 4.98 Å². The third kappa shape index (κ3) is 2.00. The Bertz CT molecular complexity index is 687. The van der Waals surface area contributed by atoms with Crippen molar-refractivity contribution in [3.63, 3.8) is 0 Å². The van der Waals surface area contributed by atoms with Crippen molar-refractivity contribution in [1.29, 1.82) is 5.26 Å². The van der Waals surface area contributed by atoms with E-state index in [1.165, 1.54) is 7.05 Å². The van der Waals surface area contributed by atoms with Crippen LogP contribution in [-0.2, 0) is 4.79 Å². The Balaban J connectivity index is 2.60. The Morgan fingerprint density at radius 3 is 2.94 bits per heavy atom. The lowest BCUT2D eigenvalue weighted by Crippen LogP contribution is -2.19. The van der Waals surface area contributed by atoms with Crippen LogP contribution in [-0.4, -0.2) is 22.3 Å². The minimum absolute atomic E-state index is 0.0752. The molecule has 0 saturated heterocycles. The first-order chi connectivity index (χ1) is 8.56. The van der Waals surface area contributed by atoms with Crippen LogP contribution < -0.4 is 5.32 Å². The lowest BCUT2D eigenvalue weighted by atomic mass is 10.2. The van der Waals surface area contributed by atoms with E-state index in [0.717, 1.165) is 21.2 Å². The Kier molecular flexibility index (Phi) is 3.17. The molecule has 0 aliphatic rings. The molecular formula is C12H12N4OS. The number of carbonyl (C=O) groups excluding carboxylic acids is 1. The van der Waals surface area contributed by atoms with Crippen LogP contribution in [0.3, 0.4) is 0 Å². The van der Waals surface area contributed by atoms with Gasteiger partial charge in [-0.3, -0.25) is 9.20 Å². The molecule has 2 heterocycles. The number of aromatic nitrogens is 2. The molecule has 92 valence electrons. The average molecular weight is 260 g/mol. The van der Waals surface area contributed by atoms with E-state index < -0.39 is 0 Å². The summed E-state index contributed by atoms with van der Waals surface area (Å²) in [6, 6.07) is 1.90. The number of fused-ring (bicyclic) bond motifs is 1. The largest absolute Gasteiger partial charge is 0.354 e. The third-order valence-electron chi connectivity index (χ3n) is 2.54. The molecule has 1 amide bonds. The van der Waals surface area contributed by atoms with Crippen molar-refractivity contribution in [3.8, 4) is 6.07 Å². The van der Waals surface area contributed by atoms with Crippen LogP contribution in [0.2, 0.25) is 0 Å². The minimum atomic E-state index is -0.390. The maximum atomic E-state index is 11.5. The summed E-state index contributed by atoms with van der Waals surface area (Å²) in [7, 11) is 1.50. The molecule has 5 nitrogen and oxygen atoms in total. The van der Waals surface area contributed by atoms with Gasteiger partial charge in [0.05, 0.1) is 11.4 Å². The highest BCUT2D eigenvalue weighted by Crippen LogP contribution is 2.22. The van der Waals surface area contributed by atoms with Crippen LogP contribution >= 0.6 is 11.3 Å². The molecular weight excluding hydrogens is 248 g/mol. The van der Waals surface area contributed by atoms with Crippen molar-refractivity contribution < 1.29 is 4.79 Å². The van der Waals surface area contributed by atoms with E-state index in [1.54, 1.807) is 17.4 Å². The van der Waals surface area contributed by atoms with E-state index in [0.29, 0.717) is 0 Å². The minimum Gasteiger partial charge on any atom is -0.354 e. The van der Waals surface area contributed by atoms with E-state index in [2.05, 4.69) is 10.3 Å². The summed E-state index contributed by atoms with van der Waals surface area (Å²) >= 11 is 1.58. The fraction of sp³-hybridized carbons (Fsp3) is 0.250. The number of thiazole rings is 1. The zero-order chi connectivity index (χ0) is 13.3. The maximum absolute atomic E-state index is 11.5. The van der Waals surface area contributed by atoms with Crippen LogP contribution in [0.25, 0.3) is 11.0 Å². The number of aryl methyl sites for hydroxylation is 2. The number of nitrogens with zero attached hydrogens (tertiary/aromatic N) is 3. The van der Waals surface area contributed by atoms with Gasteiger partial charge in [-0.1, -0.05) is 0 Å². The fourth-order valence-corrected chi connectivity index (χ4v) is 2.55. The molecule has 0 bridgehead atoms. The van der Waals surface area contributed by atoms with Gasteiger partial charge in [0.25, 0.3) is 5.91 Å². The molecule has 2 rings (SSSR count). The molecule has 0 fully saturated rings. The highest BCUT2D eigenvalue weighted by atomic mass is 32.1. The zero-order valence-corrected chi connectivity index (χ0v) is 11.1. The van der Waals surface area contributed by atoms with Crippen molar-refractivity contribution in [2.45, 2.75) is 13.8 Å².